The van der Waals surface area contributed by atoms with Crippen LogP contribution in [0.2, 0.25) is 0 Å². The summed E-state index contributed by atoms with van der Waals surface area (Å²) in [4.78, 5) is 17.0. The lowest BCUT2D eigenvalue weighted by Crippen LogP contribution is -2.42. The van der Waals surface area contributed by atoms with Gasteiger partial charge in [0.25, 0.3) is 0 Å². The van der Waals surface area contributed by atoms with Crippen molar-refractivity contribution in [2.75, 3.05) is 45.9 Å². The van der Waals surface area contributed by atoms with Gasteiger partial charge in [0.1, 0.15) is 0 Å². The number of carboxylic acid groups (broad SMARTS) is 1. The second-order valence-electron chi connectivity index (χ2n) is 8.05. The minimum atomic E-state index is -0.613. The molecule has 3 aliphatic rings. The van der Waals surface area contributed by atoms with Gasteiger partial charge in [0.05, 0.1) is 24.5 Å². The first kappa shape index (κ1) is 17.1. The second-order valence-corrected chi connectivity index (χ2v) is 8.05. The first-order valence-corrected chi connectivity index (χ1v) is 9.43. The molecular formula is C19H28N2O4. The molecule has 1 N–H and O–H groups in total. The highest BCUT2D eigenvalue weighted by Gasteiger charge is 2.53. The number of rotatable bonds is 5. The van der Waals surface area contributed by atoms with Crippen LogP contribution in [-0.4, -0.2) is 66.8 Å². The van der Waals surface area contributed by atoms with Gasteiger partial charge in [-0.15, -0.1) is 0 Å². The van der Waals surface area contributed by atoms with Gasteiger partial charge in [-0.05, 0) is 37.8 Å². The fourth-order valence-electron chi connectivity index (χ4n) is 4.98. The summed E-state index contributed by atoms with van der Waals surface area (Å²) in [6, 6.07) is 1.97. The van der Waals surface area contributed by atoms with E-state index in [1.807, 2.05) is 6.07 Å². The van der Waals surface area contributed by atoms with Crippen molar-refractivity contribution in [1.82, 2.24) is 9.80 Å². The summed E-state index contributed by atoms with van der Waals surface area (Å²) in [6.07, 6.45) is 6.33. The van der Waals surface area contributed by atoms with E-state index in [4.69, 9.17) is 9.15 Å². The lowest BCUT2D eigenvalue weighted by Gasteiger charge is -2.30. The van der Waals surface area contributed by atoms with Gasteiger partial charge in [0.15, 0.2) is 0 Å². The maximum absolute atomic E-state index is 12.2. The summed E-state index contributed by atoms with van der Waals surface area (Å²) in [5, 5.41) is 10.1. The minimum absolute atomic E-state index is 0.196. The molecule has 6 heteroatoms. The first-order valence-electron chi connectivity index (χ1n) is 9.43. The molecule has 4 rings (SSSR count). The van der Waals surface area contributed by atoms with Gasteiger partial charge in [-0.25, -0.2) is 0 Å². The summed E-state index contributed by atoms with van der Waals surface area (Å²) in [5.74, 6) is 0.195. The second kappa shape index (κ2) is 7.09. The largest absolute Gasteiger partial charge is 0.481 e. The fraction of sp³-hybridized carbons (Fsp3) is 0.737. The van der Waals surface area contributed by atoms with E-state index in [9.17, 15) is 9.90 Å². The number of carboxylic acids is 1. The Labute approximate surface area is 148 Å². The zero-order valence-corrected chi connectivity index (χ0v) is 14.7. The Bertz CT molecular complexity index is 584. The van der Waals surface area contributed by atoms with Crippen molar-refractivity contribution in [3.05, 3.63) is 24.2 Å². The monoisotopic (exact) mass is 348 g/mol. The molecule has 1 unspecified atom stereocenters. The maximum atomic E-state index is 12.2. The third-order valence-electron chi connectivity index (χ3n) is 6.29. The summed E-state index contributed by atoms with van der Waals surface area (Å²) < 4.78 is 10.7. The molecule has 6 nitrogen and oxygen atoms in total. The molecule has 3 atom stereocenters. The van der Waals surface area contributed by atoms with E-state index in [0.717, 1.165) is 70.8 Å². The lowest BCUT2D eigenvalue weighted by molar-refractivity contribution is -0.151. The number of ether oxygens (including phenoxy) is 1. The van der Waals surface area contributed by atoms with Gasteiger partial charge in [-0.2, -0.15) is 0 Å². The number of fused-ring (bicyclic) bond motifs is 1. The highest BCUT2D eigenvalue weighted by Crippen LogP contribution is 2.43. The SMILES string of the molecule is O=C(O)[C@@]12CCCN(CC3CCOC3)C[C@@H]1CN(Cc1ccoc1)C2. The molecule has 0 amide bonds. The highest BCUT2D eigenvalue weighted by molar-refractivity contribution is 5.76. The van der Waals surface area contributed by atoms with Crippen LogP contribution in [0.3, 0.4) is 0 Å². The van der Waals surface area contributed by atoms with Crippen molar-refractivity contribution in [2.45, 2.75) is 25.8 Å². The average Bonchev–Trinajstić information content (AvgIpc) is 3.29. The molecule has 3 fully saturated rings. The topological polar surface area (TPSA) is 66.2 Å². The predicted molar refractivity (Wildman–Crippen MR) is 92.1 cm³/mol. The van der Waals surface area contributed by atoms with Gasteiger partial charge in [0, 0.05) is 50.8 Å². The smallest absolute Gasteiger partial charge is 0.311 e. The molecule has 0 aliphatic carbocycles. The zero-order chi connectivity index (χ0) is 17.3. The van der Waals surface area contributed by atoms with Gasteiger partial charge in [-0.3, -0.25) is 9.69 Å². The Kier molecular flexibility index (Phi) is 4.84. The molecule has 0 radical (unpaired) electrons. The molecule has 138 valence electrons. The quantitative estimate of drug-likeness (QED) is 0.877. The number of aliphatic carboxylic acids is 1. The molecule has 0 spiro atoms. The van der Waals surface area contributed by atoms with E-state index in [-0.39, 0.29) is 5.92 Å². The summed E-state index contributed by atoms with van der Waals surface area (Å²) in [7, 11) is 0. The third kappa shape index (κ3) is 3.48. The molecule has 4 heterocycles. The third-order valence-corrected chi connectivity index (χ3v) is 6.29. The Morgan fingerprint density at radius 2 is 2.24 bits per heavy atom. The summed E-state index contributed by atoms with van der Waals surface area (Å²) >= 11 is 0. The summed E-state index contributed by atoms with van der Waals surface area (Å²) in [6.45, 7) is 6.98. The predicted octanol–water partition coefficient (Wildman–Crippen LogP) is 1.91. The molecule has 1 aromatic rings. The lowest BCUT2D eigenvalue weighted by atomic mass is 9.75. The number of hydrogen-bond acceptors (Lipinski definition) is 5. The Morgan fingerprint density at radius 1 is 1.36 bits per heavy atom. The van der Waals surface area contributed by atoms with Gasteiger partial charge in [0.2, 0.25) is 0 Å². The van der Waals surface area contributed by atoms with E-state index in [1.165, 1.54) is 0 Å². The van der Waals surface area contributed by atoms with Crippen LogP contribution in [0.5, 0.6) is 0 Å². The normalized spacial score (nSPS) is 34.1. The van der Waals surface area contributed by atoms with Crippen LogP contribution in [0, 0.1) is 17.3 Å². The van der Waals surface area contributed by atoms with Gasteiger partial charge < -0.3 is 19.2 Å². The van der Waals surface area contributed by atoms with Crippen molar-refractivity contribution in [1.29, 1.82) is 0 Å². The average molecular weight is 348 g/mol. The molecule has 3 aliphatic heterocycles. The van der Waals surface area contributed by atoms with Crippen LogP contribution in [0.25, 0.3) is 0 Å². The number of nitrogens with zero attached hydrogens (tertiary/aromatic N) is 2. The van der Waals surface area contributed by atoms with Crippen molar-refractivity contribution in [3.8, 4) is 0 Å². The number of hydrogen-bond donors (Lipinski definition) is 1. The van der Waals surface area contributed by atoms with Crippen molar-refractivity contribution < 1.29 is 19.1 Å². The Hall–Kier alpha value is -1.37. The van der Waals surface area contributed by atoms with Gasteiger partial charge in [-0.1, -0.05) is 0 Å². The molecule has 3 saturated heterocycles. The van der Waals surface area contributed by atoms with Crippen LogP contribution < -0.4 is 0 Å². The standard InChI is InChI=1S/C19H28N2O4/c22-18(23)19-4-1-5-20(8-15-2-6-24-12-15)10-17(19)11-21(14-19)9-16-3-7-25-13-16/h3,7,13,15,17H,1-2,4-6,8-12,14H2,(H,22,23)/t15?,17-,19-/m1/s1. The summed E-state index contributed by atoms with van der Waals surface area (Å²) in [5.41, 5.74) is 0.530. The van der Waals surface area contributed by atoms with Crippen molar-refractivity contribution >= 4 is 5.97 Å². The fourth-order valence-corrected chi connectivity index (χ4v) is 4.98. The zero-order valence-electron chi connectivity index (χ0n) is 14.7. The van der Waals surface area contributed by atoms with Crippen LogP contribution in [0.4, 0.5) is 0 Å². The van der Waals surface area contributed by atoms with Gasteiger partial charge >= 0.3 is 5.97 Å². The maximum Gasteiger partial charge on any atom is 0.311 e. The van der Waals surface area contributed by atoms with Crippen LogP contribution in [0.1, 0.15) is 24.8 Å². The van der Waals surface area contributed by atoms with Crippen molar-refractivity contribution in [3.63, 3.8) is 0 Å². The highest BCUT2D eigenvalue weighted by atomic mass is 16.5. The number of likely N-dealkylation sites (tertiary alicyclic amines) is 2. The van der Waals surface area contributed by atoms with E-state index < -0.39 is 11.4 Å². The Morgan fingerprint density at radius 3 is 2.96 bits per heavy atom. The first-order chi connectivity index (χ1) is 12.2. The van der Waals surface area contributed by atoms with Crippen LogP contribution in [0.15, 0.2) is 23.0 Å². The van der Waals surface area contributed by atoms with Crippen LogP contribution >= 0.6 is 0 Å². The molecule has 0 saturated carbocycles. The Balaban J connectivity index is 1.46. The van der Waals surface area contributed by atoms with Crippen molar-refractivity contribution in [2.24, 2.45) is 17.3 Å². The minimum Gasteiger partial charge on any atom is -0.481 e. The van der Waals surface area contributed by atoms with E-state index >= 15 is 0 Å². The van der Waals surface area contributed by atoms with E-state index in [2.05, 4.69) is 9.80 Å². The molecule has 0 aromatic carbocycles. The molecule has 25 heavy (non-hydrogen) atoms. The van der Waals surface area contributed by atoms with E-state index in [0.29, 0.717) is 12.5 Å². The molecule has 1 aromatic heterocycles. The molecular weight excluding hydrogens is 320 g/mol. The number of carbonyl (C=O) groups is 1. The number of furan rings is 1. The van der Waals surface area contributed by atoms with Crippen LogP contribution in [-0.2, 0) is 16.1 Å². The van der Waals surface area contributed by atoms with E-state index in [1.54, 1.807) is 12.5 Å². The molecule has 0 bridgehead atoms.